The van der Waals surface area contributed by atoms with Gasteiger partial charge in [0.15, 0.2) is 0 Å². The number of benzene rings is 2. The van der Waals surface area contributed by atoms with Gasteiger partial charge in [-0.3, -0.25) is 9.10 Å². The molecule has 1 amide bonds. The molecule has 1 aliphatic carbocycles. The summed E-state index contributed by atoms with van der Waals surface area (Å²) in [5.41, 5.74) is 3.40. The highest BCUT2D eigenvalue weighted by molar-refractivity contribution is 7.93. The fourth-order valence-corrected chi connectivity index (χ4v) is 8.07. The first-order chi connectivity index (χ1) is 16.3. The Balaban J connectivity index is 1.24. The molecule has 0 spiro atoms. The zero-order chi connectivity index (χ0) is 23.9. The van der Waals surface area contributed by atoms with Crippen LogP contribution in [-0.4, -0.2) is 70.4 Å². The van der Waals surface area contributed by atoms with Crippen LogP contribution in [0.25, 0.3) is 0 Å². The number of sulfonamides is 2. The first kappa shape index (κ1) is 23.3. The second-order valence-corrected chi connectivity index (χ2v) is 13.1. The van der Waals surface area contributed by atoms with Gasteiger partial charge in [0, 0.05) is 38.3 Å². The van der Waals surface area contributed by atoms with Gasteiger partial charge in [0.05, 0.1) is 16.3 Å². The van der Waals surface area contributed by atoms with E-state index in [1.165, 1.54) is 14.2 Å². The molecule has 34 heavy (non-hydrogen) atoms. The number of piperazine rings is 1. The average Bonchev–Trinajstić information content (AvgIpc) is 3.22. The molecule has 182 valence electrons. The molecule has 0 bridgehead atoms. The van der Waals surface area contributed by atoms with E-state index >= 15 is 0 Å². The Labute approximate surface area is 201 Å². The van der Waals surface area contributed by atoms with Crippen LogP contribution in [0.4, 0.5) is 5.69 Å². The van der Waals surface area contributed by atoms with Crippen molar-refractivity contribution in [1.82, 2.24) is 9.21 Å². The molecule has 0 atom stereocenters. The SMILES string of the molecule is O=C(c1ccc(N2CCCS2(=O)=O)cc1)N1CCN(S(=O)(=O)c2ccc3c(c2)CCCC3)CC1. The van der Waals surface area contributed by atoms with Crippen molar-refractivity contribution in [3.8, 4) is 0 Å². The molecule has 2 aliphatic heterocycles. The Morgan fingerprint density at radius 1 is 0.794 bits per heavy atom. The van der Waals surface area contributed by atoms with Gasteiger partial charge >= 0.3 is 0 Å². The second-order valence-electron chi connectivity index (χ2n) is 9.12. The highest BCUT2D eigenvalue weighted by atomic mass is 32.2. The van der Waals surface area contributed by atoms with E-state index < -0.39 is 20.0 Å². The summed E-state index contributed by atoms with van der Waals surface area (Å²) in [5, 5.41) is 0. The van der Waals surface area contributed by atoms with Crippen molar-refractivity contribution in [2.75, 3.05) is 42.8 Å². The van der Waals surface area contributed by atoms with Crippen molar-refractivity contribution >= 4 is 31.6 Å². The largest absolute Gasteiger partial charge is 0.336 e. The molecule has 2 aromatic carbocycles. The van der Waals surface area contributed by atoms with Crippen molar-refractivity contribution in [3.05, 3.63) is 59.2 Å². The Hall–Kier alpha value is -2.43. The van der Waals surface area contributed by atoms with Gasteiger partial charge in [0.25, 0.3) is 5.91 Å². The Morgan fingerprint density at radius 3 is 2.12 bits per heavy atom. The van der Waals surface area contributed by atoms with Crippen LogP contribution < -0.4 is 4.31 Å². The molecular formula is C24H29N3O5S2. The van der Waals surface area contributed by atoms with E-state index in [9.17, 15) is 21.6 Å². The third kappa shape index (κ3) is 4.34. The summed E-state index contributed by atoms with van der Waals surface area (Å²) in [4.78, 5) is 15.0. The summed E-state index contributed by atoms with van der Waals surface area (Å²) in [7, 11) is -6.87. The number of nitrogens with zero attached hydrogens (tertiary/aromatic N) is 3. The zero-order valence-corrected chi connectivity index (χ0v) is 20.7. The van der Waals surface area contributed by atoms with E-state index in [0.29, 0.717) is 42.2 Å². The van der Waals surface area contributed by atoms with Crippen molar-refractivity contribution in [3.63, 3.8) is 0 Å². The molecule has 0 N–H and O–H groups in total. The molecule has 0 radical (unpaired) electrons. The van der Waals surface area contributed by atoms with Crippen molar-refractivity contribution in [2.24, 2.45) is 0 Å². The van der Waals surface area contributed by atoms with Crippen LogP contribution in [0.3, 0.4) is 0 Å². The normalized spacial score (nSPS) is 20.8. The van der Waals surface area contributed by atoms with Crippen LogP contribution in [0, 0.1) is 0 Å². The van der Waals surface area contributed by atoms with Gasteiger partial charge in [0.1, 0.15) is 0 Å². The van der Waals surface area contributed by atoms with Crippen molar-refractivity contribution in [2.45, 2.75) is 37.0 Å². The minimum absolute atomic E-state index is 0.145. The fraction of sp³-hybridized carbons (Fsp3) is 0.458. The smallest absolute Gasteiger partial charge is 0.253 e. The lowest BCUT2D eigenvalue weighted by atomic mass is 9.92. The molecule has 2 saturated heterocycles. The zero-order valence-electron chi connectivity index (χ0n) is 19.0. The maximum absolute atomic E-state index is 13.2. The van der Waals surface area contributed by atoms with E-state index in [-0.39, 0.29) is 24.7 Å². The third-order valence-electron chi connectivity index (χ3n) is 6.99. The minimum atomic E-state index is -3.60. The Morgan fingerprint density at radius 2 is 1.47 bits per heavy atom. The molecule has 0 unspecified atom stereocenters. The van der Waals surface area contributed by atoms with E-state index in [0.717, 1.165) is 31.2 Å². The number of fused-ring (bicyclic) bond motifs is 1. The first-order valence-corrected chi connectivity index (χ1v) is 14.8. The summed E-state index contributed by atoms with van der Waals surface area (Å²) in [5.74, 6) is -0.0339. The summed E-state index contributed by atoms with van der Waals surface area (Å²) in [6.07, 6.45) is 4.76. The quantitative estimate of drug-likeness (QED) is 0.638. The highest BCUT2D eigenvalue weighted by Crippen LogP contribution is 2.27. The summed E-state index contributed by atoms with van der Waals surface area (Å²) in [6, 6.07) is 12.1. The lowest BCUT2D eigenvalue weighted by Gasteiger charge is -2.34. The maximum Gasteiger partial charge on any atom is 0.253 e. The molecule has 3 aliphatic rings. The van der Waals surface area contributed by atoms with Crippen LogP contribution in [0.15, 0.2) is 47.4 Å². The first-order valence-electron chi connectivity index (χ1n) is 11.8. The predicted molar refractivity (Wildman–Crippen MR) is 130 cm³/mol. The minimum Gasteiger partial charge on any atom is -0.336 e. The fourth-order valence-electron chi connectivity index (χ4n) is 5.03. The number of hydrogen-bond acceptors (Lipinski definition) is 5. The monoisotopic (exact) mass is 503 g/mol. The van der Waals surface area contributed by atoms with Crippen molar-refractivity contribution < 1.29 is 21.6 Å². The molecule has 8 nitrogen and oxygen atoms in total. The van der Waals surface area contributed by atoms with Crippen LogP contribution in [0.5, 0.6) is 0 Å². The van der Waals surface area contributed by atoms with E-state index in [1.807, 2.05) is 12.1 Å². The number of anilines is 1. The molecule has 2 fully saturated rings. The maximum atomic E-state index is 13.2. The number of amides is 1. The van der Waals surface area contributed by atoms with E-state index in [4.69, 9.17) is 0 Å². The predicted octanol–water partition coefficient (Wildman–Crippen LogP) is 2.25. The van der Waals surface area contributed by atoms with Crippen LogP contribution >= 0.6 is 0 Å². The number of carbonyl (C=O) groups excluding carboxylic acids is 1. The van der Waals surface area contributed by atoms with Gasteiger partial charge in [-0.15, -0.1) is 0 Å². The van der Waals surface area contributed by atoms with Gasteiger partial charge in [-0.2, -0.15) is 4.31 Å². The Bertz CT molecular complexity index is 1300. The molecule has 10 heteroatoms. The summed E-state index contributed by atoms with van der Waals surface area (Å²) >= 11 is 0. The van der Waals surface area contributed by atoms with Gasteiger partial charge in [-0.1, -0.05) is 6.07 Å². The lowest BCUT2D eigenvalue weighted by Crippen LogP contribution is -2.50. The van der Waals surface area contributed by atoms with Gasteiger partial charge in [-0.05, 0) is 79.6 Å². The molecular weight excluding hydrogens is 474 g/mol. The molecule has 0 saturated carbocycles. The van der Waals surface area contributed by atoms with Crippen LogP contribution in [0.2, 0.25) is 0 Å². The highest BCUT2D eigenvalue weighted by Gasteiger charge is 2.32. The molecule has 2 heterocycles. The topological polar surface area (TPSA) is 95.1 Å². The van der Waals surface area contributed by atoms with Gasteiger partial charge in [0.2, 0.25) is 20.0 Å². The standard InChI is InChI=1S/C24H29N3O5S2/c28-24(20-6-9-22(10-7-20)27-12-3-17-33(27,29)30)25-13-15-26(16-14-25)34(31,32)23-11-8-19-4-1-2-5-21(19)18-23/h6-11,18H,1-5,12-17H2. The number of aryl methyl sites for hydroxylation is 2. The number of rotatable bonds is 4. The molecule has 0 aromatic heterocycles. The molecule has 5 rings (SSSR count). The van der Waals surface area contributed by atoms with Gasteiger partial charge in [-0.25, -0.2) is 16.8 Å². The van der Waals surface area contributed by atoms with Crippen molar-refractivity contribution in [1.29, 1.82) is 0 Å². The second kappa shape index (κ2) is 8.98. The molecule has 2 aromatic rings. The van der Waals surface area contributed by atoms with E-state index in [2.05, 4.69) is 0 Å². The number of carbonyl (C=O) groups is 1. The van der Waals surface area contributed by atoms with E-state index in [1.54, 1.807) is 35.2 Å². The Kier molecular flexibility index (Phi) is 6.16. The van der Waals surface area contributed by atoms with Gasteiger partial charge < -0.3 is 4.90 Å². The average molecular weight is 504 g/mol. The van der Waals surface area contributed by atoms with Crippen LogP contribution in [-0.2, 0) is 32.9 Å². The third-order valence-corrected chi connectivity index (χ3v) is 10.7. The number of hydrogen-bond donors (Lipinski definition) is 0. The van der Waals surface area contributed by atoms with Crippen LogP contribution in [0.1, 0.15) is 40.7 Å². The summed E-state index contributed by atoms with van der Waals surface area (Å²) in [6.45, 7) is 1.57. The summed E-state index contributed by atoms with van der Waals surface area (Å²) < 4.78 is 53.5. The lowest BCUT2D eigenvalue weighted by molar-refractivity contribution is 0.0698.